The number of rotatable bonds is 2. The van der Waals surface area contributed by atoms with E-state index in [0.29, 0.717) is 22.7 Å². The third-order valence-electron chi connectivity index (χ3n) is 3.63. The molecule has 4 nitrogen and oxygen atoms in total. The molecule has 2 rings (SSSR count). The third-order valence-corrected chi connectivity index (χ3v) is 3.90. The summed E-state index contributed by atoms with van der Waals surface area (Å²) in [6.07, 6.45) is 2.81. The van der Waals surface area contributed by atoms with Gasteiger partial charge in [0, 0.05) is 17.7 Å². The highest BCUT2D eigenvalue weighted by atomic mass is 32.1. The number of carbonyl (C=O) groups is 1. The van der Waals surface area contributed by atoms with E-state index in [1.54, 1.807) is 30.0 Å². The molecule has 1 saturated heterocycles. The number of thiocarbonyl (C=S) groups is 1. The van der Waals surface area contributed by atoms with E-state index in [1.807, 2.05) is 0 Å². The van der Waals surface area contributed by atoms with E-state index in [0.717, 1.165) is 19.3 Å². The number of nitrogens with two attached hydrogens (primary N) is 1. The van der Waals surface area contributed by atoms with Crippen molar-refractivity contribution in [3.05, 3.63) is 29.3 Å². The molecule has 0 aromatic heterocycles. The van der Waals surface area contributed by atoms with Crippen LogP contribution in [0.2, 0.25) is 0 Å². The zero-order valence-corrected chi connectivity index (χ0v) is 11.7. The molecule has 1 atom stereocenters. The van der Waals surface area contributed by atoms with Gasteiger partial charge in [0.25, 0.3) is 5.91 Å². The summed E-state index contributed by atoms with van der Waals surface area (Å²) in [5, 5.41) is 9.70. The van der Waals surface area contributed by atoms with Crippen molar-refractivity contribution in [2.75, 3.05) is 6.54 Å². The van der Waals surface area contributed by atoms with E-state index in [2.05, 4.69) is 0 Å². The monoisotopic (exact) mass is 278 g/mol. The van der Waals surface area contributed by atoms with Crippen molar-refractivity contribution in [2.24, 2.45) is 5.73 Å². The van der Waals surface area contributed by atoms with Crippen molar-refractivity contribution >= 4 is 23.1 Å². The first-order valence-corrected chi connectivity index (χ1v) is 6.82. The summed E-state index contributed by atoms with van der Waals surface area (Å²) >= 11 is 5.05. The van der Waals surface area contributed by atoms with Gasteiger partial charge >= 0.3 is 0 Å². The quantitative estimate of drug-likeness (QED) is 0.812. The van der Waals surface area contributed by atoms with Gasteiger partial charge in [-0.15, -0.1) is 0 Å². The molecule has 1 heterocycles. The van der Waals surface area contributed by atoms with Gasteiger partial charge in [0.1, 0.15) is 5.75 Å². The lowest BCUT2D eigenvalue weighted by Crippen LogP contribution is -2.49. The molecule has 0 radical (unpaired) electrons. The van der Waals surface area contributed by atoms with E-state index in [4.69, 9.17) is 18.0 Å². The van der Waals surface area contributed by atoms with Crippen LogP contribution in [0.25, 0.3) is 0 Å². The number of hydrogen-bond acceptors (Lipinski definition) is 3. The molecular weight excluding hydrogens is 260 g/mol. The Balaban J connectivity index is 2.31. The molecule has 1 aromatic carbocycles. The van der Waals surface area contributed by atoms with E-state index >= 15 is 0 Å². The second-order valence-corrected chi connectivity index (χ2v) is 5.33. The Morgan fingerprint density at radius 2 is 2.21 bits per heavy atom. The summed E-state index contributed by atoms with van der Waals surface area (Å²) in [5.74, 6) is 0.0284. The molecule has 1 aliphatic rings. The summed E-state index contributed by atoms with van der Waals surface area (Å²) in [4.78, 5) is 14.7. The lowest BCUT2D eigenvalue weighted by atomic mass is 9.99. The summed E-state index contributed by atoms with van der Waals surface area (Å²) in [5.41, 5.74) is 6.84. The molecule has 1 aliphatic heterocycles. The summed E-state index contributed by atoms with van der Waals surface area (Å²) in [7, 11) is 0. The number of aromatic hydroxyl groups is 1. The van der Waals surface area contributed by atoms with Gasteiger partial charge in [0.2, 0.25) is 0 Å². The maximum absolute atomic E-state index is 12.6. The Labute approximate surface area is 118 Å². The van der Waals surface area contributed by atoms with Gasteiger partial charge in [-0.3, -0.25) is 4.79 Å². The minimum absolute atomic E-state index is 0.106. The van der Waals surface area contributed by atoms with Gasteiger partial charge in [-0.1, -0.05) is 18.3 Å². The highest BCUT2D eigenvalue weighted by molar-refractivity contribution is 7.80. The molecule has 5 heteroatoms. The van der Waals surface area contributed by atoms with E-state index in [1.165, 1.54) is 0 Å². The van der Waals surface area contributed by atoms with E-state index < -0.39 is 0 Å². The molecule has 1 amide bonds. The number of phenolic OH excluding ortho intramolecular Hbond substituents is 1. The Morgan fingerprint density at radius 3 is 2.89 bits per heavy atom. The number of likely N-dealkylation sites (tertiary alicyclic amines) is 1. The maximum atomic E-state index is 12.6. The highest BCUT2D eigenvalue weighted by Crippen LogP contribution is 2.25. The fourth-order valence-corrected chi connectivity index (χ4v) is 2.73. The standard InChI is InChI=1S/C14H18N2O2S/c1-9-10(5-4-7-12(9)17)14(18)16-8-3-2-6-11(16)13(15)19/h4-5,7,11,17H,2-3,6,8H2,1H3,(H2,15,19). The van der Waals surface area contributed by atoms with Gasteiger partial charge in [0.05, 0.1) is 11.0 Å². The van der Waals surface area contributed by atoms with Crippen LogP contribution >= 0.6 is 12.2 Å². The van der Waals surface area contributed by atoms with Crippen molar-refractivity contribution in [1.82, 2.24) is 4.90 Å². The van der Waals surface area contributed by atoms with E-state index in [-0.39, 0.29) is 17.7 Å². The van der Waals surface area contributed by atoms with Crippen molar-refractivity contribution in [3.8, 4) is 5.75 Å². The van der Waals surface area contributed by atoms with Crippen molar-refractivity contribution < 1.29 is 9.90 Å². The van der Waals surface area contributed by atoms with Crippen LogP contribution in [0, 0.1) is 6.92 Å². The number of benzene rings is 1. The van der Waals surface area contributed by atoms with Crippen LogP contribution in [0.15, 0.2) is 18.2 Å². The Hall–Kier alpha value is -1.62. The Morgan fingerprint density at radius 1 is 1.47 bits per heavy atom. The lowest BCUT2D eigenvalue weighted by molar-refractivity contribution is 0.0680. The molecule has 0 bridgehead atoms. The molecule has 0 aliphatic carbocycles. The fraction of sp³-hybridized carbons (Fsp3) is 0.429. The second kappa shape index (κ2) is 5.57. The zero-order chi connectivity index (χ0) is 14.0. The van der Waals surface area contributed by atoms with Crippen LogP contribution in [0.4, 0.5) is 0 Å². The lowest BCUT2D eigenvalue weighted by Gasteiger charge is -2.35. The number of carbonyl (C=O) groups excluding carboxylic acids is 1. The molecule has 1 fully saturated rings. The topological polar surface area (TPSA) is 66.6 Å². The molecule has 102 valence electrons. The first-order chi connectivity index (χ1) is 9.02. The van der Waals surface area contributed by atoms with Gasteiger partial charge in [0.15, 0.2) is 0 Å². The summed E-state index contributed by atoms with van der Waals surface area (Å²) in [6, 6.07) is 4.81. The molecule has 3 N–H and O–H groups in total. The SMILES string of the molecule is Cc1c(O)cccc1C(=O)N1CCCCC1C(N)=S. The molecule has 19 heavy (non-hydrogen) atoms. The van der Waals surface area contributed by atoms with Gasteiger partial charge in [-0.05, 0) is 38.3 Å². The predicted octanol–water partition coefficient (Wildman–Crippen LogP) is 1.98. The minimum atomic E-state index is -0.169. The normalized spacial score (nSPS) is 19.2. The first kappa shape index (κ1) is 13.8. The van der Waals surface area contributed by atoms with Crippen molar-refractivity contribution in [2.45, 2.75) is 32.2 Å². The minimum Gasteiger partial charge on any atom is -0.508 e. The van der Waals surface area contributed by atoms with Crippen LogP contribution in [0.3, 0.4) is 0 Å². The fourth-order valence-electron chi connectivity index (χ4n) is 2.48. The van der Waals surface area contributed by atoms with Crippen LogP contribution in [-0.2, 0) is 0 Å². The van der Waals surface area contributed by atoms with Crippen LogP contribution < -0.4 is 5.73 Å². The largest absolute Gasteiger partial charge is 0.508 e. The van der Waals surface area contributed by atoms with E-state index in [9.17, 15) is 9.90 Å². The molecular formula is C14H18N2O2S. The predicted molar refractivity (Wildman–Crippen MR) is 78.3 cm³/mol. The van der Waals surface area contributed by atoms with Crippen molar-refractivity contribution in [1.29, 1.82) is 0 Å². The van der Waals surface area contributed by atoms with Crippen LogP contribution in [-0.4, -0.2) is 33.5 Å². The molecule has 1 unspecified atom stereocenters. The third kappa shape index (κ3) is 2.71. The number of piperidine rings is 1. The van der Waals surface area contributed by atoms with Gasteiger partial charge < -0.3 is 15.7 Å². The molecule has 1 aromatic rings. The van der Waals surface area contributed by atoms with Gasteiger partial charge in [-0.25, -0.2) is 0 Å². The molecule has 0 spiro atoms. The summed E-state index contributed by atoms with van der Waals surface area (Å²) < 4.78 is 0. The number of nitrogens with zero attached hydrogens (tertiary/aromatic N) is 1. The highest BCUT2D eigenvalue weighted by Gasteiger charge is 2.30. The number of hydrogen-bond donors (Lipinski definition) is 2. The second-order valence-electron chi connectivity index (χ2n) is 4.86. The zero-order valence-electron chi connectivity index (χ0n) is 10.9. The Bertz CT molecular complexity index is 516. The van der Waals surface area contributed by atoms with Crippen LogP contribution in [0.5, 0.6) is 5.75 Å². The average molecular weight is 278 g/mol. The van der Waals surface area contributed by atoms with Crippen molar-refractivity contribution in [3.63, 3.8) is 0 Å². The van der Waals surface area contributed by atoms with Crippen LogP contribution in [0.1, 0.15) is 35.2 Å². The summed E-state index contributed by atoms with van der Waals surface area (Å²) in [6.45, 7) is 2.40. The smallest absolute Gasteiger partial charge is 0.254 e. The average Bonchev–Trinajstić information content (AvgIpc) is 2.41. The maximum Gasteiger partial charge on any atom is 0.254 e. The van der Waals surface area contributed by atoms with Gasteiger partial charge in [-0.2, -0.15) is 0 Å². The number of amides is 1. The Kier molecular flexibility index (Phi) is 4.04. The number of phenols is 1. The first-order valence-electron chi connectivity index (χ1n) is 6.41. The molecule has 0 saturated carbocycles.